The van der Waals surface area contributed by atoms with Crippen molar-refractivity contribution in [3.63, 3.8) is 0 Å². The minimum Gasteiger partial charge on any atom is -0.388 e. The van der Waals surface area contributed by atoms with Crippen molar-refractivity contribution >= 4 is 0 Å². The third-order valence-electron chi connectivity index (χ3n) is 4.91. The Labute approximate surface area is 184 Å². The standard InChI is InChI=1S/C27H30O4/c1-2-26(30-19-23-14-8-4-9-15-23)27(31-20-24-16-10-5-11-17-24)25(28)21-29-18-22-12-6-3-7-13-22/h2-17,25-28H,1,18-21H2/t25-,26-,27-/m1/s1. The Morgan fingerprint density at radius 1 is 0.677 bits per heavy atom. The molecule has 3 atom stereocenters. The molecule has 0 unspecified atom stereocenters. The van der Waals surface area contributed by atoms with Gasteiger partial charge < -0.3 is 19.3 Å². The van der Waals surface area contributed by atoms with Gasteiger partial charge >= 0.3 is 0 Å². The van der Waals surface area contributed by atoms with Crippen molar-refractivity contribution in [3.8, 4) is 0 Å². The zero-order valence-corrected chi connectivity index (χ0v) is 17.7. The highest BCUT2D eigenvalue weighted by molar-refractivity contribution is 5.15. The van der Waals surface area contributed by atoms with E-state index in [1.54, 1.807) is 6.08 Å². The van der Waals surface area contributed by atoms with Crippen LogP contribution in [0.4, 0.5) is 0 Å². The van der Waals surface area contributed by atoms with Gasteiger partial charge in [-0.25, -0.2) is 0 Å². The molecule has 3 aromatic carbocycles. The van der Waals surface area contributed by atoms with E-state index < -0.39 is 18.3 Å². The van der Waals surface area contributed by atoms with E-state index in [0.717, 1.165) is 16.7 Å². The van der Waals surface area contributed by atoms with Crippen molar-refractivity contribution in [2.45, 2.75) is 38.1 Å². The lowest BCUT2D eigenvalue weighted by Crippen LogP contribution is -2.42. The number of benzene rings is 3. The molecule has 0 aliphatic carbocycles. The van der Waals surface area contributed by atoms with Crippen LogP contribution in [-0.2, 0) is 34.0 Å². The van der Waals surface area contributed by atoms with E-state index in [1.165, 1.54) is 0 Å². The lowest BCUT2D eigenvalue weighted by atomic mass is 10.1. The summed E-state index contributed by atoms with van der Waals surface area (Å²) in [5, 5.41) is 10.9. The molecule has 3 aromatic rings. The fraction of sp³-hybridized carbons (Fsp3) is 0.259. The number of aliphatic hydroxyl groups is 1. The molecular weight excluding hydrogens is 388 g/mol. The molecule has 0 saturated heterocycles. The lowest BCUT2D eigenvalue weighted by Gasteiger charge is -2.29. The SMILES string of the molecule is C=C[C@@H](OCc1ccccc1)[C@H](OCc1ccccc1)[C@H](O)COCc1ccccc1. The van der Waals surface area contributed by atoms with Crippen LogP contribution < -0.4 is 0 Å². The topological polar surface area (TPSA) is 47.9 Å². The van der Waals surface area contributed by atoms with Crippen LogP contribution in [0.15, 0.2) is 104 Å². The Bertz CT molecular complexity index is 868. The molecule has 31 heavy (non-hydrogen) atoms. The van der Waals surface area contributed by atoms with Crippen LogP contribution >= 0.6 is 0 Å². The lowest BCUT2D eigenvalue weighted by molar-refractivity contribution is -0.133. The summed E-state index contributed by atoms with van der Waals surface area (Å²) in [4.78, 5) is 0. The first kappa shape index (κ1) is 22.9. The second-order valence-corrected chi connectivity index (χ2v) is 7.33. The largest absolute Gasteiger partial charge is 0.388 e. The normalized spacial score (nSPS) is 14.0. The fourth-order valence-electron chi connectivity index (χ4n) is 3.22. The van der Waals surface area contributed by atoms with Crippen LogP contribution in [0.5, 0.6) is 0 Å². The van der Waals surface area contributed by atoms with E-state index in [1.807, 2.05) is 91.0 Å². The molecule has 0 spiro atoms. The molecule has 4 heteroatoms. The van der Waals surface area contributed by atoms with E-state index in [9.17, 15) is 5.11 Å². The first-order valence-corrected chi connectivity index (χ1v) is 10.5. The van der Waals surface area contributed by atoms with Crippen LogP contribution in [0, 0.1) is 0 Å². The third-order valence-corrected chi connectivity index (χ3v) is 4.91. The molecular formula is C27H30O4. The van der Waals surface area contributed by atoms with Crippen LogP contribution in [0.3, 0.4) is 0 Å². The summed E-state index contributed by atoms with van der Waals surface area (Å²) in [5.41, 5.74) is 3.12. The molecule has 0 fully saturated rings. The van der Waals surface area contributed by atoms with Crippen LogP contribution in [0.1, 0.15) is 16.7 Å². The fourth-order valence-corrected chi connectivity index (χ4v) is 3.22. The molecule has 162 valence electrons. The summed E-state index contributed by atoms with van der Waals surface area (Å²) in [6, 6.07) is 29.6. The van der Waals surface area contributed by atoms with Gasteiger partial charge in [0.2, 0.25) is 0 Å². The van der Waals surface area contributed by atoms with Crippen molar-refractivity contribution < 1.29 is 19.3 Å². The van der Waals surface area contributed by atoms with Gasteiger partial charge in [-0.05, 0) is 16.7 Å². The molecule has 0 bridgehead atoms. The minimum atomic E-state index is -0.869. The zero-order chi connectivity index (χ0) is 21.7. The molecule has 0 saturated carbocycles. The maximum atomic E-state index is 10.9. The smallest absolute Gasteiger partial charge is 0.116 e. The second kappa shape index (κ2) is 12.8. The van der Waals surface area contributed by atoms with Gasteiger partial charge in [0.1, 0.15) is 18.3 Å². The Morgan fingerprint density at radius 3 is 1.61 bits per heavy atom. The average Bonchev–Trinajstić information content (AvgIpc) is 2.83. The zero-order valence-electron chi connectivity index (χ0n) is 17.7. The van der Waals surface area contributed by atoms with Gasteiger partial charge in [0.15, 0.2) is 0 Å². The van der Waals surface area contributed by atoms with Crippen molar-refractivity contribution in [2.24, 2.45) is 0 Å². The molecule has 0 heterocycles. The molecule has 0 aliphatic rings. The first-order chi connectivity index (χ1) is 15.3. The molecule has 0 aliphatic heterocycles. The number of rotatable bonds is 13. The summed E-state index contributed by atoms with van der Waals surface area (Å²) < 4.78 is 17.9. The maximum absolute atomic E-state index is 10.9. The van der Waals surface area contributed by atoms with Gasteiger partial charge in [0, 0.05) is 0 Å². The van der Waals surface area contributed by atoms with Gasteiger partial charge in [-0.2, -0.15) is 0 Å². The number of aliphatic hydroxyl groups excluding tert-OH is 1. The molecule has 0 radical (unpaired) electrons. The number of hydrogen-bond acceptors (Lipinski definition) is 4. The quantitative estimate of drug-likeness (QED) is 0.400. The summed E-state index contributed by atoms with van der Waals surface area (Å²) in [5.74, 6) is 0. The average molecular weight is 419 g/mol. The van der Waals surface area contributed by atoms with Crippen molar-refractivity contribution in [1.82, 2.24) is 0 Å². The van der Waals surface area contributed by atoms with Gasteiger partial charge in [-0.3, -0.25) is 0 Å². The highest BCUT2D eigenvalue weighted by atomic mass is 16.6. The second-order valence-electron chi connectivity index (χ2n) is 7.33. The Morgan fingerprint density at radius 2 is 1.13 bits per heavy atom. The molecule has 0 aromatic heterocycles. The van der Waals surface area contributed by atoms with Gasteiger partial charge in [0.05, 0.1) is 26.4 Å². The Balaban J connectivity index is 1.62. The van der Waals surface area contributed by atoms with Gasteiger partial charge in [0.25, 0.3) is 0 Å². The highest BCUT2D eigenvalue weighted by Gasteiger charge is 2.28. The van der Waals surface area contributed by atoms with E-state index in [0.29, 0.717) is 19.8 Å². The van der Waals surface area contributed by atoms with Crippen molar-refractivity contribution in [3.05, 3.63) is 120 Å². The summed E-state index contributed by atoms with van der Waals surface area (Å²) in [6.45, 7) is 5.22. The summed E-state index contributed by atoms with van der Waals surface area (Å²) in [6.07, 6.45) is -0.290. The van der Waals surface area contributed by atoms with E-state index in [2.05, 4.69) is 6.58 Å². The molecule has 1 N–H and O–H groups in total. The Hall–Kier alpha value is -2.76. The van der Waals surface area contributed by atoms with Crippen LogP contribution in [0.2, 0.25) is 0 Å². The molecule has 0 amide bonds. The third kappa shape index (κ3) is 7.78. The maximum Gasteiger partial charge on any atom is 0.116 e. The number of ether oxygens (including phenoxy) is 3. The molecule has 4 nitrogen and oxygen atoms in total. The summed E-state index contributed by atoms with van der Waals surface area (Å²) in [7, 11) is 0. The van der Waals surface area contributed by atoms with Crippen molar-refractivity contribution in [1.29, 1.82) is 0 Å². The van der Waals surface area contributed by atoms with E-state index >= 15 is 0 Å². The molecule has 3 rings (SSSR count). The van der Waals surface area contributed by atoms with E-state index in [-0.39, 0.29) is 6.61 Å². The van der Waals surface area contributed by atoms with Crippen molar-refractivity contribution in [2.75, 3.05) is 6.61 Å². The predicted molar refractivity (Wildman–Crippen MR) is 122 cm³/mol. The number of hydrogen-bond donors (Lipinski definition) is 1. The monoisotopic (exact) mass is 418 g/mol. The Kier molecular flexibility index (Phi) is 9.48. The first-order valence-electron chi connectivity index (χ1n) is 10.5. The van der Waals surface area contributed by atoms with Gasteiger partial charge in [-0.1, -0.05) is 97.1 Å². The van der Waals surface area contributed by atoms with E-state index in [4.69, 9.17) is 14.2 Å². The van der Waals surface area contributed by atoms with Crippen LogP contribution in [0.25, 0.3) is 0 Å². The van der Waals surface area contributed by atoms with Crippen LogP contribution in [-0.4, -0.2) is 30.0 Å². The minimum absolute atomic E-state index is 0.132. The van der Waals surface area contributed by atoms with Gasteiger partial charge in [-0.15, -0.1) is 6.58 Å². The predicted octanol–water partition coefficient (Wildman–Crippen LogP) is 4.92. The summed E-state index contributed by atoms with van der Waals surface area (Å²) >= 11 is 0. The highest BCUT2D eigenvalue weighted by Crippen LogP contribution is 2.17.